The Morgan fingerprint density at radius 2 is 2.03 bits per heavy atom. The molecule has 29 heavy (non-hydrogen) atoms. The number of carbonyl (C=O) groups is 1. The summed E-state index contributed by atoms with van der Waals surface area (Å²) in [5.74, 6) is 1.65. The van der Waals surface area contributed by atoms with Gasteiger partial charge in [0.2, 0.25) is 0 Å². The number of fused-ring (bicyclic) bond motifs is 1. The number of nitrogens with zero attached hydrogens (tertiary/aromatic N) is 4. The van der Waals surface area contributed by atoms with E-state index in [1.54, 1.807) is 17.8 Å². The molecule has 0 amide bonds. The van der Waals surface area contributed by atoms with Gasteiger partial charge in [-0.15, -0.1) is 0 Å². The monoisotopic (exact) mass is 445 g/mol. The standard InChI is InChI=1S/C17H28N5O5PS/c1-13(27-12-28(24,25)26)9-22-11-21-15-16(19-10-20-17(15)22)18-7-4-6-14(23)5-2-3-8-29/h10-11,13,29H,2-9,12H2,1H3,(H,18,19,20)(H2,24,25,26)/t13-/m1/s1. The van der Waals surface area contributed by atoms with E-state index in [-0.39, 0.29) is 5.78 Å². The molecule has 0 unspecified atom stereocenters. The van der Waals surface area contributed by atoms with Gasteiger partial charge in [-0.05, 0) is 31.9 Å². The number of carbonyl (C=O) groups excluding carboxylic acids is 1. The lowest BCUT2D eigenvalue weighted by Gasteiger charge is -2.14. The van der Waals surface area contributed by atoms with Crippen molar-refractivity contribution in [1.82, 2.24) is 19.5 Å². The van der Waals surface area contributed by atoms with Gasteiger partial charge in [-0.25, -0.2) is 15.0 Å². The summed E-state index contributed by atoms with van der Waals surface area (Å²) < 4.78 is 17.9. The maximum atomic E-state index is 11.8. The maximum Gasteiger partial charge on any atom is 0.350 e. The van der Waals surface area contributed by atoms with Gasteiger partial charge >= 0.3 is 7.60 Å². The van der Waals surface area contributed by atoms with Gasteiger partial charge in [-0.1, -0.05) is 0 Å². The van der Waals surface area contributed by atoms with Crippen LogP contribution in [0.5, 0.6) is 0 Å². The summed E-state index contributed by atoms with van der Waals surface area (Å²) in [7, 11) is -4.21. The summed E-state index contributed by atoms with van der Waals surface area (Å²) in [5.41, 5.74) is 1.19. The molecular weight excluding hydrogens is 417 g/mol. The Labute approximate surface area is 175 Å². The van der Waals surface area contributed by atoms with Crippen LogP contribution in [0, 0.1) is 0 Å². The molecule has 162 valence electrons. The van der Waals surface area contributed by atoms with Gasteiger partial charge in [0.25, 0.3) is 0 Å². The molecule has 0 radical (unpaired) electrons. The topological polar surface area (TPSA) is 139 Å². The van der Waals surface area contributed by atoms with Crippen molar-refractivity contribution in [2.45, 2.75) is 51.7 Å². The van der Waals surface area contributed by atoms with Crippen molar-refractivity contribution in [2.75, 3.05) is 24.0 Å². The number of thiol groups is 1. The van der Waals surface area contributed by atoms with Crippen molar-refractivity contribution in [3.8, 4) is 0 Å². The van der Waals surface area contributed by atoms with Gasteiger partial charge in [0, 0.05) is 19.4 Å². The van der Waals surface area contributed by atoms with E-state index in [1.807, 2.05) is 0 Å². The highest BCUT2D eigenvalue weighted by Crippen LogP contribution is 2.34. The summed E-state index contributed by atoms with van der Waals surface area (Å²) in [5, 5.41) is 3.20. The minimum Gasteiger partial charge on any atom is -0.368 e. The Morgan fingerprint density at radius 1 is 1.28 bits per heavy atom. The van der Waals surface area contributed by atoms with Crippen molar-refractivity contribution in [1.29, 1.82) is 0 Å². The molecule has 0 bridgehead atoms. The normalized spacial score (nSPS) is 13.0. The van der Waals surface area contributed by atoms with Crippen LogP contribution in [0.3, 0.4) is 0 Å². The van der Waals surface area contributed by atoms with Crippen LogP contribution in [0.25, 0.3) is 11.2 Å². The first-order chi connectivity index (χ1) is 13.8. The van der Waals surface area contributed by atoms with Crippen LogP contribution in [0.2, 0.25) is 0 Å². The van der Waals surface area contributed by atoms with E-state index in [0.717, 1.165) is 18.6 Å². The molecule has 0 aliphatic heterocycles. The summed E-state index contributed by atoms with van der Waals surface area (Å²) in [6.45, 7) is 2.65. The number of rotatable bonds is 14. The molecule has 2 rings (SSSR count). The molecule has 0 saturated carbocycles. The number of ketones is 1. The average molecular weight is 445 g/mol. The predicted octanol–water partition coefficient (Wildman–Crippen LogP) is 2.23. The van der Waals surface area contributed by atoms with Crippen molar-refractivity contribution in [3.05, 3.63) is 12.7 Å². The van der Waals surface area contributed by atoms with E-state index < -0.39 is 20.0 Å². The fourth-order valence-corrected chi connectivity index (χ4v) is 3.42. The van der Waals surface area contributed by atoms with Crippen molar-refractivity contribution in [2.24, 2.45) is 0 Å². The Bertz CT molecular complexity index is 843. The molecule has 0 aromatic carbocycles. The number of anilines is 1. The molecule has 3 N–H and O–H groups in total. The summed E-state index contributed by atoms with van der Waals surface area (Å²) in [6.07, 6.45) is 5.63. The highest BCUT2D eigenvalue weighted by molar-refractivity contribution is 7.80. The smallest absolute Gasteiger partial charge is 0.350 e. The van der Waals surface area contributed by atoms with E-state index in [1.165, 1.54) is 6.33 Å². The fourth-order valence-electron chi connectivity index (χ4n) is 2.75. The third kappa shape index (κ3) is 8.39. The fraction of sp³-hybridized carbons (Fsp3) is 0.647. The molecule has 0 aliphatic rings. The van der Waals surface area contributed by atoms with E-state index >= 15 is 0 Å². The second-order valence-corrected chi connectivity index (χ2v) is 8.85. The molecule has 2 aromatic rings. The van der Waals surface area contributed by atoms with E-state index in [2.05, 4.69) is 32.9 Å². The molecule has 12 heteroatoms. The summed E-state index contributed by atoms with van der Waals surface area (Å²) in [4.78, 5) is 42.4. The number of nitrogens with one attached hydrogen (secondary N) is 1. The Hall–Kier alpha value is -1.52. The molecule has 1 atom stereocenters. The number of imidazole rings is 1. The molecule has 10 nitrogen and oxygen atoms in total. The third-order valence-electron chi connectivity index (χ3n) is 4.17. The van der Waals surface area contributed by atoms with Crippen LogP contribution in [0.15, 0.2) is 12.7 Å². The predicted molar refractivity (Wildman–Crippen MR) is 113 cm³/mol. The zero-order valence-electron chi connectivity index (χ0n) is 16.4. The number of ether oxygens (including phenoxy) is 1. The molecule has 2 aromatic heterocycles. The van der Waals surface area contributed by atoms with Gasteiger partial charge in [0.1, 0.15) is 24.0 Å². The van der Waals surface area contributed by atoms with Crippen LogP contribution in [0.4, 0.5) is 5.82 Å². The highest BCUT2D eigenvalue weighted by atomic mass is 32.1. The van der Waals surface area contributed by atoms with Gasteiger partial charge in [0.15, 0.2) is 11.5 Å². The van der Waals surface area contributed by atoms with Gasteiger partial charge in [-0.2, -0.15) is 12.6 Å². The number of aromatic nitrogens is 4. The van der Waals surface area contributed by atoms with Crippen molar-refractivity contribution >= 4 is 43.0 Å². The molecule has 0 fully saturated rings. The third-order valence-corrected chi connectivity index (χ3v) is 4.97. The lowest BCUT2D eigenvalue weighted by Crippen LogP contribution is -2.17. The molecule has 0 saturated heterocycles. The quantitative estimate of drug-likeness (QED) is 0.196. The van der Waals surface area contributed by atoms with Crippen LogP contribution >= 0.6 is 20.2 Å². The second-order valence-electron chi connectivity index (χ2n) is 6.81. The zero-order valence-corrected chi connectivity index (χ0v) is 18.2. The first-order valence-electron chi connectivity index (χ1n) is 9.48. The molecular formula is C17H28N5O5PS. The Balaban J connectivity index is 1.87. The van der Waals surface area contributed by atoms with Crippen LogP contribution < -0.4 is 5.32 Å². The zero-order chi connectivity index (χ0) is 21.3. The number of hydrogen-bond acceptors (Lipinski definition) is 8. The first-order valence-corrected chi connectivity index (χ1v) is 11.9. The maximum absolute atomic E-state index is 11.8. The summed E-state index contributed by atoms with van der Waals surface area (Å²) >= 11 is 4.14. The number of Topliss-reactive ketones (excluding diaryl/α,β-unsaturated/α-hetero) is 1. The SMILES string of the molecule is C[C@H](Cn1cnc2c(NCCCC(=O)CCCCS)ncnc21)OCP(=O)(O)O. The highest BCUT2D eigenvalue weighted by Gasteiger charge is 2.17. The lowest BCUT2D eigenvalue weighted by atomic mass is 10.1. The minimum atomic E-state index is -4.21. The summed E-state index contributed by atoms with van der Waals surface area (Å²) in [6, 6.07) is 0. The van der Waals surface area contributed by atoms with Crippen molar-refractivity contribution < 1.29 is 23.9 Å². The van der Waals surface area contributed by atoms with Crippen LogP contribution in [-0.2, 0) is 20.6 Å². The Kier molecular flexibility index (Phi) is 9.51. The van der Waals surface area contributed by atoms with E-state index in [9.17, 15) is 9.36 Å². The Morgan fingerprint density at radius 3 is 2.76 bits per heavy atom. The van der Waals surface area contributed by atoms with Crippen molar-refractivity contribution in [3.63, 3.8) is 0 Å². The molecule has 2 heterocycles. The average Bonchev–Trinajstić information content (AvgIpc) is 3.07. The van der Waals surface area contributed by atoms with Gasteiger partial charge in [0.05, 0.1) is 19.0 Å². The second kappa shape index (κ2) is 11.6. The van der Waals surface area contributed by atoms with Crippen LogP contribution in [-0.4, -0.2) is 59.8 Å². The van der Waals surface area contributed by atoms with E-state index in [0.29, 0.717) is 49.3 Å². The molecule has 0 aliphatic carbocycles. The van der Waals surface area contributed by atoms with Crippen LogP contribution in [0.1, 0.15) is 39.0 Å². The largest absolute Gasteiger partial charge is 0.368 e. The number of hydrogen-bond donors (Lipinski definition) is 4. The minimum absolute atomic E-state index is 0.259. The van der Waals surface area contributed by atoms with Gasteiger partial charge < -0.3 is 24.4 Å². The first kappa shape index (κ1) is 23.8. The molecule has 0 spiro atoms. The van der Waals surface area contributed by atoms with Gasteiger partial charge in [-0.3, -0.25) is 9.36 Å². The lowest BCUT2D eigenvalue weighted by molar-refractivity contribution is -0.119. The number of unbranched alkanes of at least 4 members (excludes halogenated alkanes) is 1. The van der Waals surface area contributed by atoms with E-state index in [4.69, 9.17) is 14.5 Å².